The third-order valence-corrected chi connectivity index (χ3v) is 11.8. The second-order valence-electron chi connectivity index (χ2n) is 13.9. The van der Waals surface area contributed by atoms with Gasteiger partial charge in [-0.1, -0.05) is 25.5 Å². The number of carbonyl (C=O) groups is 1. The van der Waals surface area contributed by atoms with Crippen molar-refractivity contribution in [1.82, 2.24) is 0 Å². The molecule has 4 fully saturated rings. The van der Waals surface area contributed by atoms with Crippen molar-refractivity contribution in [3.63, 3.8) is 0 Å². The van der Waals surface area contributed by atoms with Crippen molar-refractivity contribution in [2.45, 2.75) is 127 Å². The molecule has 1 aromatic heterocycles. The molecule has 5 aliphatic rings. The van der Waals surface area contributed by atoms with Gasteiger partial charge in [-0.3, -0.25) is 4.79 Å². The third-order valence-electron chi connectivity index (χ3n) is 11.8. The van der Waals surface area contributed by atoms with Gasteiger partial charge in [0.1, 0.15) is 24.4 Å². The van der Waals surface area contributed by atoms with Crippen LogP contribution in [0.5, 0.6) is 0 Å². The first-order chi connectivity index (χ1) is 19.8. The Hall–Kier alpha value is -2.08. The van der Waals surface area contributed by atoms with Gasteiger partial charge < -0.3 is 39.1 Å². The SMILES string of the molecule is CC(=O)OC1C[C@]2(O)[C@@H]3CCC4=CC(O[C@@H]5O[C@@H](C)[C@H](O)[C@@H](O)[C@H]5O)CC[C@]4(C)[C@H]3CC[C@]2(C)[C@H]1c1ccc(=O)oc1. The topological polar surface area (TPSA) is 156 Å². The van der Waals surface area contributed by atoms with E-state index in [1.807, 2.05) is 0 Å². The molecule has 0 aromatic carbocycles. The lowest BCUT2D eigenvalue weighted by Crippen LogP contribution is -2.60. The number of allylic oxidation sites excluding steroid dienone is 1. The van der Waals surface area contributed by atoms with E-state index in [1.165, 1.54) is 24.8 Å². The van der Waals surface area contributed by atoms with Crippen LogP contribution >= 0.6 is 0 Å². The van der Waals surface area contributed by atoms with Crippen LogP contribution in [0.1, 0.15) is 84.1 Å². The van der Waals surface area contributed by atoms with E-state index in [1.54, 1.807) is 13.0 Å². The maximum atomic E-state index is 12.7. The highest BCUT2D eigenvalue weighted by Crippen LogP contribution is 2.70. The van der Waals surface area contributed by atoms with Gasteiger partial charge in [-0.2, -0.15) is 0 Å². The number of aliphatic hydroxyl groups excluding tert-OH is 3. The lowest BCUT2D eigenvalue weighted by atomic mass is 9.45. The second-order valence-corrected chi connectivity index (χ2v) is 13.9. The van der Waals surface area contributed by atoms with E-state index in [4.69, 9.17) is 18.6 Å². The molecule has 232 valence electrons. The van der Waals surface area contributed by atoms with Crippen LogP contribution in [-0.2, 0) is 19.0 Å². The molecule has 0 bridgehead atoms. The Labute approximate surface area is 245 Å². The Bertz CT molecular complexity index is 1270. The largest absolute Gasteiger partial charge is 0.462 e. The number of aliphatic hydroxyl groups is 4. The molecule has 0 radical (unpaired) electrons. The first-order valence-corrected chi connectivity index (χ1v) is 15.3. The molecule has 0 spiro atoms. The second kappa shape index (κ2) is 10.5. The summed E-state index contributed by atoms with van der Waals surface area (Å²) in [5, 5.41) is 43.4. The molecule has 3 saturated carbocycles. The number of rotatable bonds is 4. The zero-order valence-corrected chi connectivity index (χ0v) is 24.8. The number of hydrogen-bond acceptors (Lipinski definition) is 10. The Kier molecular flexibility index (Phi) is 7.51. The zero-order chi connectivity index (χ0) is 30.2. The molecule has 1 aliphatic heterocycles. The number of hydrogen-bond donors (Lipinski definition) is 4. The summed E-state index contributed by atoms with van der Waals surface area (Å²) in [6, 6.07) is 3.11. The normalized spacial score (nSPS) is 48.4. The minimum atomic E-state index is -1.35. The molecular weight excluding hydrogens is 544 g/mol. The Morgan fingerprint density at radius 2 is 1.79 bits per heavy atom. The lowest BCUT2D eigenvalue weighted by Gasteiger charge is -2.61. The number of esters is 1. The molecule has 0 amide bonds. The fourth-order valence-electron chi connectivity index (χ4n) is 9.54. The first-order valence-electron chi connectivity index (χ1n) is 15.3. The number of carbonyl (C=O) groups excluding carboxylic acids is 1. The predicted octanol–water partition coefficient (Wildman–Crippen LogP) is 2.56. The maximum absolute atomic E-state index is 12.7. The van der Waals surface area contributed by atoms with Crippen LogP contribution in [0.25, 0.3) is 0 Å². The molecule has 4 aliphatic carbocycles. The van der Waals surface area contributed by atoms with E-state index in [2.05, 4.69) is 19.9 Å². The van der Waals surface area contributed by atoms with E-state index >= 15 is 0 Å². The van der Waals surface area contributed by atoms with Crippen molar-refractivity contribution in [3.05, 3.63) is 46.0 Å². The summed E-state index contributed by atoms with van der Waals surface area (Å²) in [6.45, 7) is 7.42. The standard InChI is InChI=1S/C32H44O10/c1-16-26(35)27(36)28(37)29(40-16)42-20-9-11-30(3)19(13-20)6-7-22-21(30)10-12-31(4)25(18-5-8-24(34)39-15-18)23(41-17(2)33)14-32(22,31)38/h5,8,13,15-16,20-23,25-29,35-38H,6-7,9-12,14H2,1-4H3/t16-,20?,21-,22+,23?,25-,26-,27+,28+,29-,30-,31+,32-/m0/s1. The highest BCUT2D eigenvalue weighted by Gasteiger charge is 2.70. The van der Waals surface area contributed by atoms with Gasteiger partial charge in [-0.25, -0.2) is 4.79 Å². The monoisotopic (exact) mass is 588 g/mol. The van der Waals surface area contributed by atoms with E-state index in [9.17, 15) is 30.0 Å². The minimum absolute atomic E-state index is 0.00405. The maximum Gasteiger partial charge on any atom is 0.335 e. The summed E-state index contributed by atoms with van der Waals surface area (Å²) in [6.07, 6.45) is 2.24. The molecule has 10 nitrogen and oxygen atoms in total. The fraction of sp³-hybridized carbons (Fsp3) is 0.750. The average Bonchev–Trinajstić information content (AvgIpc) is 3.17. The minimum Gasteiger partial charge on any atom is -0.462 e. The predicted molar refractivity (Wildman–Crippen MR) is 149 cm³/mol. The smallest absolute Gasteiger partial charge is 0.335 e. The van der Waals surface area contributed by atoms with E-state index in [0.717, 1.165) is 37.7 Å². The van der Waals surface area contributed by atoms with E-state index < -0.39 is 59.4 Å². The molecule has 6 rings (SSSR count). The van der Waals surface area contributed by atoms with Gasteiger partial charge in [0, 0.05) is 30.7 Å². The first kappa shape index (κ1) is 30.0. The summed E-state index contributed by atoms with van der Waals surface area (Å²) in [5.74, 6) is -0.484. The Morgan fingerprint density at radius 3 is 2.48 bits per heavy atom. The van der Waals surface area contributed by atoms with Crippen molar-refractivity contribution in [3.8, 4) is 0 Å². The van der Waals surface area contributed by atoms with Crippen LogP contribution in [0, 0.1) is 22.7 Å². The molecule has 13 atom stereocenters. The quantitative estimate of drug-likeness (QED) is 0.305. The Balaban J connectivity index is 1.26. The van der Waals surface area contributed by atoms with Crippen LogP contribution in [0.4, 0.5) is 0 Å². The van der Waals surface area contributed by atoms with Gasteiger partial charge in [-0.05, 0) is 74.3 Å². The fourth-order valence-corrected chi connectivity index (χ4v) is 9.54. The van der Waals surface area contributed by atoms with Crippen molar-refractivity contribution in [2.75, 3.05) is 0 Å². The summed E-state index contributed by atoms with van der Waals surface area (Å²) < 4.78 is 22.9. The third kappa shape index (κ3) is 4.52. The summed E-state index contributed by atoms with van der Waals surface area (Å²) in [4.78, 5) is 23.9. The van der Waals surface area contributed by atoms with E-state index in [0.29, 0.717) is 12.8 Å². The number of ether oxygens (including phenoxy) is 3. The van der Waals surface area contributed by atoms with Crippen LogP contribution < -0.4 is 5.63 Å². The summed E-state index contributed by atoms with van der Waals surface area (Å²) in [5.41, 5.74) is -0.214. The molecule has 1 aromatic rings. The van der Waals surface area contributed by atoms with Crippen molar-refractivity contribution in [2.24, 2.45) is 22.7 Å². The van der Waals surface area contributed by atoms with Gasteiger partial charge in [0.05, 0.1) is 24.1 Å². The van der Waals surface area contributed by atoms with Gasteiger partial charge in [0.15, 0.2) is 6.29 Å². The van der Waals surface area contributed by atoms with Crippen molar-refractivity contribution < 1.29 is 43.8 Å². The molecule has 10 heteroatoms. The van der Waals surface area contributed by atoms with Crippen LogP contribution in [0.15, 0.2) is 39.3 Å². The van der Waals surface area contributed by atoms with Crippen LogP contribution in [0.3, 0.4) is 0 Å². The molecule has 2 heterocycles. The van der Waals surface area contributed by atoms with Crippen molar-refractivity contribution >= 4 is 5.97 Å². The highest BCUT2D eigenvalue weighted by atomic mass is 16.7. The Morgan fingerprint density at radius 1 is 1.02 bits per heavy atom. The summed E-state index contributed by atoms with van der Waals surface area (Å²) >= 11 is 0. The van der Waals surface area contributed by atoms with Crippen molar-refractivity contribution in [1.29, 1.82) is 0 Å². The molecule has 42 heavy (non-hydrogen) atoms. The van der Waals surface area contributed by atoms with Crippen LogP contribution in [-0.4, -0.2) is 74.9 Å². The molecule has 2 unspecified atom stereocenters. The summed E-state index contributed by atoms with van der Waals surface area (Å²) in [7, 11) is 0. The average molecular weight is 589 g/mol. The van der Waals surface area contributed by atoms with Gasteiger partial charge in [0.25, 0.3) is 0 Å². The van der Waals surface area contributed by atoms with Gasteiger partial charge in [-0.15, -0.1) is 0 Å². The zero-order valence-electron chi connectivity index (χ0n) is 24.8. The lowest BCUT2D eigenvalue weighted by molar-refractivity contribution is -0.301. The van der Waals surface area contributed by atoms with Gasteiger partial charge in [0.2, 0.25) is 0 Å². The number of fused-ring (bicyclic) bond motifs is 5. The molecule has 1 saturated heterocycles. The molecule has 4 N–H and O–H groups in total. The van der Waals surface area contributed by atoms with E-state index in [-0.39, 0.29) is 29.3 Å². The highest BCUT2D eigenvalue weighted by molar-refractivity contribution is 5.66. The van der Waals surface area contributed by atoms with Crippen LogP contribution in [0.2, 0.25) is 0 Å². The van der Waals surface area contributed by atoms with Gasteiger partial charge >= 0.3 is 11.6 Å². The molecular formula is C32H44O10.